The molecule has 1 nitrogen and oxygen atoms in total. The van der Waals surface area contributed by atoms with Crippen molar-refractivity contribution in [1.82, 2.24) is 0 Å². The molecule has 10 aromatic rings. The van der Waals surface area contributed by atoms with Gasteiger partial charge < -0.3 is 4.90 Å². The molecule has 0 saturated heterocycles. The first-order valence-corrected chi connectivity index (χ1v) is 17.3. The smallest absolute Gasteiger partial charge is 0.0554 e. The van der Waals surface area contributed by atoms with Crippen molar-refractivity contribution in [2.45, 2.75) is 0 Å². The summed E-state index contributed by atoms with van der Waals surface area (Å²) in [6.45, 7) is 0. The molecular formula is C46H29NS. The molecule has 2 heteroatoms. The molecule has 48 heavy (non-hydrogen) atoms. The number of fused-ring (bicyclic) bond motifs is 10. The summed E-state index contributed by atoms with van der Waals surface area (Å²) in [5.41, 5.74) is 5.89. The summed E-state index contributed by atoms with van der Waals surface area (Å²) in [6, 6.07) is 64.5. The van der Waals surface area contributed by atoms with Crippen LogP contribution in [0.2, 0.25) is 0 Å². The van der Waals surface area contributed by atoms with Crippen molar-refractivity contribution in [1.29, 1.82) is 0 Å². The Bertz CT molecular complexity index is 2850. The fraction of sp³-hybridized carbons (Fsp3) is 0. The molecule has 1 aromatic heterocycles. The lowest BCUT2D eigenvalue weighted by molar-refractivity contribution is 1.32. The molecule has 0 aliphatic rings. The molecule has 1 heterocycles. The van der Waals surface area contributed by atoms with E-state index in [1.54, 1.807) is 0 Å². The van der Waals surface area contributed by atoms with Crippen molar-refractivity contribution in [3.05, 3.63) is 176 Å². The van der Waals surface area contributed by atoms with Gasteiger partial charge in [0.2, 0.25) is 0 Å². The van der Waals surface area contributed by atoms with Crippen molar-refractivity contribution in [3.8, 4) is 11.1 Å². The highest BCUT2D eigenvalue weighted by molar-refractivity contribution is 7.26. The standard InChI is InChI=1S/C46H29NS/c1-2-13-30(14-3-1)32-16-12-17-34(27-32)47(42-29-44-46(39-22-9-7-20-37(39)42)40-23-10-11-24-43(40)48-44)41-28-33-26-25-31-15-4-5-18-35(31)45(33)38-21-8-6-19-36(38)41/h1-29H. The topological polar surface area (TPSA) is 3.24 Å². The van der Waals surface area contributed by atoms with Crippen LogP contribution in [0.4, 0.5) is 17.1 Å². The summed E-state index contributed by atoms with van der Waals surface area (Å²) in [5, 5.41) is 12.7. The van der Waals surface area contributed by atoms with Gasteiger partial charge in [-0.1, -0.05) is 146 Å². The Morgan fingerprint density at radius 2 is 0.917 bits per heavy atom. The van der Waals surface area contributed by atoms with Crippen LogP contribution in [0.25, 0.3) is 74.4 Å². The van der Waals surface area contributed by atoms with Crippen LogP contribution in [0.15, 0.2) is 176 Å². The van der Waals surface area contributed by atoms with Gasteiger partial charge in [0, 0.05) is 36.6 Å². The van der Waals surface area contributed by atoms with Crippen molar-refractivity contribution in [2.24, 2.45) is 0 Å². The van der Waals surface area contributed by atoms with E-state index in [1.165, 1.54) is 85.8 Å². The quantitative estimate of drug-likeness (QED) is 0.176. The average molecular weight is 628 g/mol. The second-order valence-electron chi connectivity index (χ2n) is 12.5. The van der Waals surface area contributed by atoms with Gasteiger partial charge in [0.1, 0.15) is 0 Å². The van der Waals surface area contributed by atoms with E-state index in [1.807, 2.05) is 11.3 Å². The lowest BCUT2D eigenvalue weighted by atomic mass is 9.94. The molecule has 9 aromatic carbocycles. The minimum atomic E-state index is 1.13. The summed E-state index contributed by atoms with van der Waals surface area (Å²) in [7, 11) is 0. The van der Waals surface area contributed by atoms with Gasteiger partial charge in [-0.25, -0.2) is 0 Å². The zero-order valence-electron chi connectivity index (χ0n) is 26.1. The number of hydrogen-bond donors (Lipinski definition) is 0. The summed E-state index contributed by atoms with van der Waals surface area (Å²) in [6.07, 6.45) is 0. The monoisotopic (exact) mass is 627 g/mol. The molecule has 0 atom stereocenters. The maximum Gasteiger partial charge on any atom is 0.0554 e. The maximum atomic E-state index is 2.51. The Morgan fingerprint density at radius 3 is 1.71 bits per heavy atom. The molecular weight excluding hydrogens is 599 g/mol. The zero-order valence-corrected chi connectivity index (χ0v) is 26.9. The molecule has 0 unspecified atom stereocenters. The number of anilines is 3. The third-order valence-electron chi connectivity index (χ3n) is 9.78. The van der Waals surface area contributed by atoms with Crippen LogP contribution in [0.5, 0.6) is 0 Å². The van der Waals surface area contributed by atoms with Crippen LogP contribution in [0, 0.1) is 0 Å². The largest absolute Gasteiger partial charge is 0.309 e. The second kappa shape index (κ2) is 10.8. The van der Waals surface area contributed by atoms with E-state index in [2.05, 4.69) is 181 Å². The Labute approximate surface area is 282 Å². The SMILES string of the molecule is c1ccc(-c2cccc(N(c3cc4ccc5ccccc5c4c4ccccc34)c3cc4sc5ccccc5c4c4ccccc34)c2)cc1. The molecule has 0 N–H and O–H groups in total. The molecule has 0 bridgehead atoms. The third-order valence-corrected chi connectivity index (χ3v) is 10.9. The summed E-state index contributed by atoms with van der Waals surface area (Å²) >= 11 is 1.88. The third kappa shape index (κ3) is 4.17. The molecule has 0 amide bonds. The van der Waals surface area contributed by atoms with E-state index < -0.39 is 0 Å². The van der Waals surface area contributed by atoms with E-state index in [-0.39, 0.29) is 0 Å². The van der Waals surface area contributed by atoms with Crippen LogP contribution in [-0.2, 0) is 0 Å². The molecule has 0 spiro atoms. The van der Waals surface area contributed by atoms with E-state index in [0.717, 1.165) is 5.69 Å². The first-order valence-electron chi connectivity index (χ1n) is 16.4. The molecule has 0 aliphatic carbocycles. The van der Waals surface area contributed by atoms with E-state index in [9.17, 15) is 0 Å². The first kappa shape index (κ1) is 27.2. The predicted octanol–water partition coefficient (Wildman–Crippen LogP) is 13.8. The minimum absolute atomic E-state index is 1.13. The summed E-state index contributed by atoms with van der Waals surface area (Å²) in [5.74, 6) is 0. The van der Waals surface area contributed by atoms with Crippen LogP contribution >= 0.6 is 11.3 Å². The van der Waals surface area contributed by atoms with Crippen molar-refractivity contribution < 1.29 is 0 Å². The highest BCUT2D eigenvalue weighted by Crippen LogP contribution is 2.49. The highest BCUT2D eigenvalue weighted by Gasteiger charge is 2.22. The number of hydrogen-bond acceptors (Lipinski definition) is 2. The van der Waals surface area contributed by atoms with Crippen molar-refractivity contribution >= 4 is 91.7 Å². The fourth-order valence-corrected chi connectivity index (χ4v) is 8.82. The summed E-state index contributed by atoms with van der Waals surface area (Å²) < 4.78 is 2.61. The Kier molecular flexibility index (Phi) is 6.12. The maximum absolute atomic E-state index is 2.51. The second-order valence-corrected chi connectivity index (χ2v) is 13.6. The molecule has 0 aliphatic heterocycles. The average Bonchev–Trinajstić information content (AvgIpc) is 3.54. The van der Waals surface area contributed by atoms with E-state index >= 15 is 0 Å². The van der Waals surface area contributed by atoms with Gasteiger partial charge >= 0.3 is 0 Å². The molecule has 224 valence electrons. The van der Waals surface area contributed by atoms with Crippen LogP contribution in [0.3, 0.4) is 0 Å². The number of rotatable bonds is 4. The predicted molar refractivity (Wildman–Crippen MR) is 209 cm³/mol. The zero-order chi connectivity index (χ0) is 31.6. The van der Waals surface area contributed by atoms with E-state index in [0.29, 0.717) is 0 Å². The number of benzene rings is 9. The van der Waals surface area contributed by atoms with Crippen molar-refractivity contribution in [3.63, 3.8) is 0 Å². The lowest BCUT2D eigenvalue weighted by Gasteiger charge is -2.29. The molecule has 0 fully saturated rings. The summed E-state index contributed by atoms with van der Waals surface area (Å²) in [4.78, 5) is 2.51. The molecule has 0 saturated carbocycles. The van der Waals surface area contributed by atoms with Crippen LogP contribution in [-0.4, -0.2) is 0 Å². The Morgan fingerprint density at radius 1 is 0.333 bits per heavy atom. The molecule has 10 rings (SSSR count). The Balaban J connectivity index is 1.35. The minimum Gasteiger partial charge on any atom is -0.309 e. The number of nitrogens with zero attached hydrogens (tertiary/aromatic N) is 1. The highest BCUT2D eigenvalue weighted by atomic mass is 32.1. The number of thiophene rings is 1. The van der Waals surface area contributed by atoms with Crippen LogP contribution < -0.4 is 4.90 Å². The van der Waals surface area contributed by atoms with Crippen LogP contribution in [0.1, 0.15) is 0 Å². The van der Waals surface area contributed by atoms with Gasteiger partial charge in [0.25, 0.3) is 0 Å². The van der Waals surface area contributed by atoms with Gasteiger partial charge in [-0.2, -0.15) is 0 Å². The van der Waals surface area contributed by atoms with Gasteiger partial charge in [-0.05, 0) is 73.8 Å². The van der Waals surface area contributed by atoms with Crippen molar-refractivity contribution in [2.75, 3.05) is 4.90 Å². The fourth-order valence-electron chi connectivity index (χ4n) is 7.66. The van der Waals surface area contributed by atoms with Gasteiger partial charge in [-0.3, -0.25) is 0 Å². The molecule has 0 radical (unpaired) electrons. The normalized spacial score (nSPS) is 11.8. The first-order chi connectivity index (χ1) is 23.8. The van der Waals surface area contributed by atoms with Gasteiger partial charge in [0.05, 0.1) is 11.4 Å². The van der Waals surface area contributed by atoms with Gasteiger partial charge in [-0.15, -0.1) is 11.3 Å². The lowest BCUT2D eigenvalue weighted by Crippen LogP contribution is -2.11. The van der Waals surface area contributed by atoms with Gasteiger partial charge in [0.15, 0.2) is 0 Å². The Hall–Kier alpha value is -5.96. The van der Waals surface area contributed by atoms with E-state index in [4.69, 9.17) is 0 Å².